The summed E-state index contributed by atoms with van der Waals surface area (Å²) in [6.45, 7) is 5.08. The maximum absolute atomic E-state index is 12.8. The first-order chi connectivity index (χ1) is 9.86. The van der Waals surface area contributed by atoms with E-state index < -0.39 is 20.8 Å². The fourth-order valence-corrected chi connectivity index (χ4v) is 5.55. The predicted molar refractivity (Wildman–Crippen MR) is 85.3 cm³/mol. The highest BCUT2D eigenvalue weighted by molar-refractivity contribution is 7.89. The number of rotatable bonds is 4. The smallest absolute Gasteiger partial charge is 0.243 e. The summed E-state index contributed by atoms with van der Waals surface area (Å²) in [7, 11) is -2.56. The van der Waals surface area contributed by atoms with E-state index in [1.54, 1.807) is 6.07 Å². The van der Waals surface area contributed by atoms with Crippen molar-refractivity contribution in [2.24, 2.45) is 0 Å². The lowest BCUT2D eigenvalue weighted by molar-refractivity contribution is 0.438. The zero-order valence-corrected chi connectivity index (χ0v) is 14.3. The molecule has 1 aromatic rings. The standard InChI is InChI=1S/C14H22N2O3S2/c1-11-8-13(10-15-3)9-14(12(11)2)21(18,19)16-4-6-20(17)7-5-16/h8-9,15H,4-7,10H2,1-3H3. The van der Waals surface area contributed by atoms with Gasteiger partial charge in [0, 0.05) is 41.9 Å². The maximum atomic E-state index is 12.8. The maximum Gasteiger partial charge on any atom is 0.243 e. The summed E-state index contributed by atoms with van der Waals surface area (Å²) >= 11 is 0. The molecular weight excluding hydrogens is 308 g/mol. The van der Waals surface area contributed by atoms with Gasteiger partial charge in [-0.15, -0.1) is 0 Å². The van der Waals surface area contributed by atoms with Crippen LogP contribution in [0.15, 0.2) is 17.0 Å². The summed E-state index contributed by atoms with van der Waals surface area (Å²) in [5, 5.41) is 3.05. The fraction of sp³-hybridized carbons (Fsp3) is 0.571. The van der Waals surface area contributed by atoms with E-state index in [2.05, 4.69) is 5.32 Å². The number of aryl methyl sites for hydroxylation is 1. The molecule has 21 heavy (non-hydrogen) atoms. The average Bonchev–Trinajstić information content (AvgIpc) is 2.43. The summed E-state index contributed by atoms with van der Waals surface area (Å²) in [5.74, 6) is 0.848. The Hall–Kier alpha value is -0.760. The van der Waals surface area contributed by atoms with Crippen molar-refractivity contribution in [3.63, 3.8) is 0 Å². The lowest BCUT2D eigenvalue weighted by Gasteiger charge is -2.27. The molecule has 118 valence electrons. The van der Waals surface area contributed by atoms with Gasteiger partial charge < -0.3 is 5.32 Å². The number of sulfonamides is 1. The van der Waals surface area contributed by atoms with E-state index in [-0.39, 0.29) is 0 Å². The van der Waals surface area contributed by atoms with Crippen molar-refractivity contribution in [1.29, 1.82) is 0 Å². The quantitative estimate of drug-likeness (QED) is 0.886. The number of nitrogens with one attached hydrogen (secondary N) is 1. The van der Waals surface area contributed by atoms with Crippen LogP contribution >= 0.6 is 0 Å². The van der Waals surface area contributed by atoms with Crippen molar-refractivity contribution in [2.75, 3.05) is 31.6 Å². The van der Waals surface area contributed by atoms with Gasteiger partial charge in [0.25, 0.3) is 0 Å². The molecule has 0 radical (unpaired) electrons. The summed E-state index contributed by atoms with van der Waals surface area (Å²) in [5.41, 5.74) is 2.73. The molecule has 1 aromatic carbocycles. The predicted octanol–water partition coefficient (Wildman–Crippen LogP) is 0.776. The number of nitrogens with zero attached hydrogens (tertiary/aromatic N) is 1. The molecule has 0 bridgehead atoms. The van der Waals surface area contributed by atoms with Gasteiger partial charge in [0.2, 0.25) is 10.0 Å². The summed E-state index contributed by atoms with van der Waals surface area (Å²) in [6.07, 6.45) is 0. The van der Waals surface area contributed by atoms with Gasteiger partial charge in [-0.25, -0.2) is 8.42 Å². The first kappa shape index (κ1) is 16.6. The Morgan fingerprint density at radius 1 is 1.24 bits per heavy atom. The van der Waals surface area contributed by atoms with Gasteiger partial charge in [0.1, 0.15) is 0 Å². The molecule has 5 nitrogen and oxygen atoms in total. The van der Waals surface area contributed by atoms with Crippen molar-refractivity contribution in [3.8, 4) is 0 Å². The normalized spacial score (nSPS) is 18.0. The molecule has 7 heteroatoms. The second-order valence-corrected chi connectivity index (χ2v) is 8.92. The molecular formula is C14H22N2O3S2. The van der Waals surface area contributed by atoms with E-state index in [9.17, 15) is 12.6 Å². The Morgan fingerprint density at radius 2 is 1.86 bits per heavy atom. The SMILES string of the molecule is CNCc1cc(C)c(C)c(S(=O)(=O)N2CCS(=O)CC2)c1. The third-order valence-electron chi connectivity index (χ3n) is 3.81. The van der Waals surface area contributed by atoms with Crippen LogP contribution in [-0.2, 0) is 27.4 Å². The Morgan fingerprint density at radius 3 is 2.43 bits per heavy atom. The van der Waals surface area contributed by atoms with Gasteiger partial charge in [-0.1, -0.05) is 6.07 Å². The van der Waals surface area contributed by atoms with Crippen LogP contribution in [0.1, 0.15) is 16.7 Å². The largest absolute Gasteiger partial charge is 0.316 e. The second-order valence-electron chi connectivity index (χ2n) is 5.32. The summed E-state index contributed by atoms with van der Waals surface area (Å²) < 4.78 is 38.5. The van der Waals surface area contributed by atoms with E-state index in [1.165, 1.54) is 4.31 Å². The van der Waals surface area contributed by atoms with Crippen molar-refractivity contribution >= 4 is 20.8 Å². The van der Waals surface area contributed by atoms with E-state index in [0.29, 0.717) is 36.0 Å². The first-order valence-corrected chi connectivity index (χ1v) is 9.89. The Bertz CT molecular complexity index is 646. The van der Waals surface area contributed by atoms with Gasteiger partial charge in [0.15, 0.2) is 0 Å². The van der Waals surface area contributed by atoms with E-state index in [4.69, 9.17) is 0 Å². The summed E-state index contributed by atoms with van der Waals surface area (Å²) in [4.78, 5) is 0.375. The zero-order chi connectivity index (χ0) is 15.6. The molecule has 1 heterocycles. The third kappa shape index (κ3) is 3.53. The Labute approximate surface area is 129 Å². The highest BCUT2D eigenvalue weighted by Gasteiger charge is 2.29. The third-order valence-corrected chi connectivity index (χ3v) is 7.12. The van der Waals surface area contributed by atoms with E-state index >= 15 is 0 Å². The zero-order valence-electron chi connectivity index (χ0n) is 12.7. The monoisotopic (exact) mass is 330 g/mol. The van der Waals surface area contributed by atoms with Crippen LogP contribution in [0.4, 0.5) is 0 Å². The minimum atomic E-state index is -3.51. The van der Waals surface area contributed by atoms with Crippen LogP contribution in [0.25, 0.3) is 0 Å². The molecule has 0 saturated carbocycles. The molecule has 0 unspecified atom stereocenters. The highest BCUT2D eigenvalue weighted by atomic mass is 32.2. The van der Waals surface area contributed by atoms with Crippen molar-refractivity contribution in [2.45, 2.75) is 25.3 Å². The van der Waals surface area contributed by atoms with Gasteiger partial charge >= 0.3 is 0 Å². The molecule has 2 rings (SSSR count). The molecule has 1 fully saturated rings. The minimum Gasteiger partial charge on any atom is -0.316 e. The molecule has 1 N–H and O–H groups in total. The van der Waals surface area contributed by atoms with Crippen LogP contribution in [-0.4, -0.2) is 48.6 Å². The van der Waals surface area contributed by atoms with Crippen LogP contribution < -0.4 is 5.32 Å². The molecule has 0 aromatic heterocycles. The molecule has 0 aliphatic carbocycles. The molecule has 1 aliphatic rings. The topological polar surface area (TPSA) is 66.5 Å². The van der Waals surface area contributed by atoms with Gasteiger partial charge in [0.05, 0.1) is 4.90 Å². The van der Waals surface area contributed by atoms with Crippen LogP contribution in [0.5, 0.6) is 0 Å². The Balaban J connectivity index is 2.41. The molecule has 1 aliphatic heterocycles. The lowest BCUT2D eigenvalue weighted by Crippen LogP contribution is -2.42. The minimum absolute atomic E-state index is 0.337. The van der Waals surface area contributed by atoms with E-state index in [0.717, 1.165) is 16.7 Å². The van der Waals surface area contributed by atoms with Crippen molar-refractivity contribution in [1.82, 2.24) is 9.62 Å². The van der Waals surface area contributed by atoms with E-state index in [1.807, 2.05) is 27.0 Å². The second kappa shape index (κ2) is 6.56. The van der Waals surface area contributed by atoms with Gasteiger partial charge in [-0.2, -0.15) is 4.31 Å². The first-order valence-electron chi connectivity index (χ1n) is 6.96. The average molecular weight is 330 g/mol. The lowest BCUT2D eigenvalue weighted by atomic mass is 10.1. The highest BCUT2D eigenvalue weighted by Crippen LogP contribution is 2.25. The Kier molecular flexibility index (Phi) is 5.19. The van der Waals surface area contributed by atoms with Gasteiger partial charge in [-0.05, 0) is 43.7 Å². The molecule has 0 atom stereocenters. The number of hydrogen-bond donors (Lipinski definition) is 1. The number of hydrogen-bond acceptors (Lipinski definition) is 4. The molecule has 0 amide bonds. The van der Waals surface area contributed by atoms with Crippen LogP contribution in [0.2, 0.25) is 0 Å². The summed E-state index contributed by atoms with van der Waals surface area (Å²) in [6, 6.07) is 3.76. The fourth-order valence-electron chi connectivity index (χ4n) is 2.47. The van der Waals surface area contributed by atoms with Crippen LogP contribution in [0, 0.1) is 13.8 Å². The van der Waals surface area contributed by atoms with Gasteiger partial charge in [-0.3, -0.25) is 4.21 Å². The molecule has 1 saturated heterocycles. The number of benzene rings is 1. The van der Waals surface area contributed by atoms with Crippen molar-refractivity contribution in [3.05, 3.63) is 28.8 Å². The van der Waals surface area contributed by atoms with Crippen molar-refractivity contribution < 1.29 is 12.6 Å². The molecule has 0 spiro atoms. The van der Waals surface area contributed by atoms with Crippen LogP contribution in [0.3, 0.4) is 0 Å².